The molecule has 0 saturated carbocycles. The number of ether oxygens (including phenoxy) is 1. The van der Waals surface area contributed by atoms with E-state index >= 15 is 0 Å². The fraction of sp³-hybridized carbons (Fsp3) is 0.182. The van der Waals surface area contributed by atoms with Crippen LogP contribution in [0.1, 0.15) is 34.6 Å². The van der Waals surface area contributed by atoms with Crippen molar-refractivity contribution in [3.05, 3.63) is 81.9 Å². The van der Waals surface area contributed by atoms with Crippen molar-refractivity contribution in [3.8, 4) is 0 Å². The molecule has 148 valence electrons. The van der Waals surface area contributed by atoms with E-state index in [2.05, 4.69) is 0 Å². The zero-order valence-electron chi connectivity index (χ0n) is 16.1. The van der Waals surface area contributed by atoms with Crippen LogP contribution in [0.25, 0.3) is 10.8 Å². The highest BCUT2D eigenvalue weighted by molar-refractivity contribution is 6.08. The summed E-state index contributed by atoms with van der Waals surface area (Å²) in [5, 5.41) is 13.3. The molecule has 0 N–H and O–H groups in total. The molecule has 0 aliphatic rings. The number of benzene rings is 3. The van der Waals surface area contributed by atoms with E-state index in [1.807, 2.05) is 49.4 Å². The lowest BCUT2D eigenvalue weighted by Crippen LogP contribution is -2.30. The second-order valence-electron chi connectivity index (χ2n) is 6.33. The monoisotopic (exact) mass is 392 g/mol. The molecule has 29 heavy (non-hydrogen) atoms. The fourth-order valence-corrected chi connectivity index (χ4v) is 3.12. The Morgan fingerprint density at radius 2 is 1.66 bits per heavy atom. The molecule has 0 heterocycles. The van der Waals surface area contributed by atoms with Crippen molar-refractivity contribution >= 4 is 34.0 Å². The maximum Gasteiger partial charge on any atom is 0.338 e. The predicted octanol–water partition coefficient (Wildman–Crippen LogP) is 4.59. The highest BCUT2D eigenvalue weighted by Crippen LogP contribution is 2.25. The van der Waals surface area contributed by atoms with E-state index in [1.165, 1.54) is 17.0 Å². The number of carbonyl (C=O) groups excluding carboxylic acids is 2. The first-order valence-corrected chi connectivity index (χ1v) is 9.21. The lowest BCUT2D eigenvalue weighted by molar-refractivity contribution is -0.384. The minimum Gasteiger partial charge on any atom is -0.462 e. The van der Waals surface area contributed by atoms with Gasteiger partial charge in [-0.3, -0.25) is 14.9 Å². The van der Waals surface area contributed by atoms with Gasteiger partial charge in [-0.1, -0.05) is 30.3 Å². The van der Waals surface area contributed by atoms with Crippen LogP contribution in [-0.2, 0) is 4.74 Å². The number of hydrogen-bond donors (Lipinski definition) is 0. The van der Waals surface area contributed by atoms with Crippen molar-refractivity contribution in [2.75, 3.05) is 18.1 Å². The standard InChI is InChI=1S/C22H20N2O5/c1-3-23(19-10-9-15-7-5-6-8-16(15)12-19)21(25)17-11-18(22(26)29-4-2)14-20(13-17)24(27)28/h5-14H,3-4H2,1-2H3. The molecule has 0 radical (unpaired) electrons. The average molecular weight is 392 g/mol. The topological polar surface area (TPSA) is 89.8 Å². The third kappa shape index (κ3) is 4.24. The summed E-state index contributed by atoms with van der Waals surface area (Å²) in [5.74, 6) is -1.14. The van der Waals surface area contributed by atoms with Gasteiger partial charge in [-0.15, -0.1) is 0 Å². The van der Waals surface area contributed by atoms with E-state index in [1.54, 1.807) is 6.92 Å². The van der Waals surface area contributed by atoms with Crippen molar-refractivity contribution < 1.29 is 19.2 Å². The van der Waals surface area contributed by atoms with E-state index in [-0.39, 0.29) is 23.4 Å². The molecule has 3 aromatic rings. The molecule has 7 heteroatoms. The Balaban J connectivity index is 2.03. The van der Waals surface area contributed by atoms with Gasteiger partial charge in [-0.2, -0.15) is 0 Å². The largest absolute Gasteiger partial charge is 0.462 e. The number of nitrogens with zero attached hydrogens (tertiary/aromatic N) is 2. The first kappa shape index (κ1) is 20.0. The summed E-state index contributed by atoms with van der Waals surface area (Å²) in [4.78, 5) is 37.4. The van der Waals surface area contributed by atoms with Gasteiger partial charge in [-0.05, 0) is 42.8 Å². The number of non-ortho nitro benzene ring substituents is 1. The number of esters is 1. The summed E-state index contributed by atoms with van der Waals surface area (Å²) in [6.45, 7) is 3.94. The van der Waals surface area contributed by atoms with E-state index in [9.17, 15) is 19.7 Å². The number of hydrogen-bond acceptors (Lipinski definition) is 5. The fourth-order valence-electron chi connectivity index (χ4n) is 3.12. The van der Waals surface area contributed by atoms with Gasteiger partial charge in [0, 0.05) is 29.9 Å². The van der Waals surface area contributed by atoms with Crippen LogP contribution in [0.5, 0.6) is 0 Å². The smallest absolute Gasteiger partial charge is 0.338 e. The third-order valence-electron chi connectivity index (χ3n) is 4.49. The Morgan fingerprint density at radius 3 is 2.31 bits per heavy atom. The van der Waals surface area contributed by atoms with Crippen LogP contribution >= 0.6 is 0 Å². The van der Waals surface area contributed by atoms with Crippen LogP contribution < -0.4 is 4.90 Å². The first-order valence-electron chi connectivity index (χ1n) is 9.21. The van der Waals surface area contributed by atoms with Gasteiger partial charge in [0.05, 0.1) is 17.1 Å². The van der Waals surface area contributed by atoms with Crippen molar-refractivity contribution in [3.63, 3.8) is 0 Å². The molecule has 0 atom stereocenters. The van der Waals surface area contributed by atoms with Crippen LogP contribution in [0, 0.1) is 10.1 Å². The highest BCUT2D eigenvalue weighted by Gasteiger charge is 2.22. The molecule has 0 unspecified atom stereocenters. The molecule has 0 aliphatic heterocycles. The predicted molar refractivity (Wildman–Crippen MR) is 110 cm³/mol. The van der Waals surface area contributed by atoms with Crippen LogP contribution in [0.3, 0.4) is 0 Å². The lowest BCUT2D eigenvalue weighted by Gasteiger charge is -2.22. The Hall–Kier alpha value is -3.74. The molecular formula is C22H20N2O5. The molecule has 0 aromatic heterocycles. The molecule has 0 bridgehead atoms. The summed E-state index contributed by atoms with van der Waals surface area (Å²) in [6, 6.07) is 17.0. The molecule has 7 nitrogen and oxygen atoms in total. The van der Waals surface area contributed by atoms with Gasteiger partial charge in [0.1, 0.15) is 0 Å². The molecule has 0 saturated heterocycles. The minimum atomic E-state index is -0.709. The molecule has 3 aromatic carbocycles. The van der Waals surface area contributed by atoms with Gasteiger partial charge in [0.2, 0.25) is 0 Å². The van der Waals surface area contributed by atoms with Crippen LogP contribution in [-0.4, -0.2) is 30.0 Å². The molecule has 3 rings (SSSR count). The van der Waals surface area contributed by atoms with Gasteiger partial charge in [0.15, 0.2) is 0 Å². The van der Waals surface area contributed by atoms with Crippen molar-refractivity contribution in [1.29, 1.82) is 0 Å². The van der Waals surface area contributed by atoms with Gasteiger partial charge >= 0.3 is 5.97 Å². The summed E-state index contributed by atoms with van der Waals surface area (Å²) < 4.78 is 4.93. The maximum absolute atomic E-state index is 13.2. The number of amides is 1. The minimum absolute atomic E-state index is 0.0287. The Labute approximate surface area is 167 Å². The van der Waals surface area contributed by atoms with Crippen molar-refractivity contribution in [2.24, 2.45) is 0 Å². The normalized spacial score (nSPS) is 10.6. The zero-order chi connectivity index (χ0) is 21.0. The molecule has 1 amide bonds. The molecule has 0 fully saturated rings. The second-order valence-corrected chi connectivity index (χ2v) is 6.33. The summed E-state index contributed by atoms with van der Waals surface area (Å²) in [7, 11) is 0. The quantitative estimate of drug-likeness (QED) is 0.348. The number of carbonyl (C=O) groups is 2. The molecular weight excluding hydrogens is 372 g/mol. The maximum atomic E-state index is 13.2. The molecule has 0 aliphatic carbocycles. The summed E-state index contributed by atoms with van der Waals surface area (Å²) in [5.41, 5.74) is 0.352. The van der Waals surface area contributed by atoms with E-state index in [0.29, 0.717) is 12.2 Å². The lowest BCUT2D eigenvalue weighted by atomic mass is 10.1. The number of nitro benzene ring substituents is 1. The van der Waals surface area contributed by atoms with Crippen LogP contribution in [0.15, 0.2) is 60.7 Å². The van der Waals surface area contributed by atoms with Gasteiger partial charge in [-0.25, -0.2) is 4.79 Å². The Morgan fingerprint density at radius 1 is 0.966 bits per heavy atom. The van der Waals surface area contributed by atoms with E-state index < -0.39 is 16.8 Å². The Kier molecular flexibility index (Phi) is 5.87. The van der Waals surface area contributed by atoms with Crippen molar-refractivity contribution in [2.45, 2.75) is 13.8 Å². The zero-order valence-corrected chi connectivity index (χ0v) is 16.1. The van der Waals surface area contributed by atoms with Gasteiger partial charge < -0.3 is 9.64 Å². The SMILES string of the molecule is CCOC(=O)c1cc(C(=O)N(CC)c2ccc3ccccc3c2)cc([N+](=O)[O-])c1. The third-order valence-corrected chi connectivity index (χ3v) is 4.49. The summed E-state index contributed by atoms with van der Waals surface area (Å²) >= 11 is 0. The molecule has 0 spiro atoms. The van der Waals surface area contributed by atoms with Crippen LogP contribution in [0.2, 0.25) is 0 Å². The van der Waals surface area contributed by atoms with Crippen LogP contribution in [0.4, 0.5) is 11.4 Å². The van der Waals surface area contributed by atoms with Gasteiger partial charge in [0.25, 0.3) is 11.6 Å². The number of rotatable bonds is 6. The highest BCUT2D eigenvalue weighted by atomic mass is 16.6. The second kappa shape index (κ2) is 8.52. The Bertz CT molecular complexity index is 1090. The first-order chi connectivity index (χ1) is 13.9. The van der Waals surface area contributed by atoms with Crippen molar-refractivity contribution in [1.82, 2.24) is 0 Å². The average Bonchev–Trinajstić information content (AvgIpc) is 2.73. The van der Waals surface area contributed by atoms with E-state index in [4.69, 9.17) is 4.74 Å². The number of nitro groups is 1. The number of anilines is 1. The number of fused-ring (bicyclic) bond motifs is 1. The van der Waals surface area contributed by atoms with E-state index in [0.717, 1.165) is 16.8 Å². The summed E-state index contributed by atoms with van der Waals surface area (Å²) in [6.07, 6.45) is 0.